The minimum Gasteiger partial charge on any atom is -0.462 e. The van der Waals surface area contributed by atoms with Gasteiger partial charge in [0, 0.05) is 18.0 Å². The molecule has 0 amide bonds. The summed E-state index contributed by atoms with van der Waals surface area (Å²) >= 11 is 0. The molecule has 1 saturated heterocycles. The van der Waals surface area contributed by atoms with E-state index in [1.54, 1.807) is 32.0 Å². The van der Waals surface area contributed by atoms with E-state index in [9.17, 15) is 19.3 Å². The number of carbonyl (C=O) groups excluding carboxylic acids is 1. The van der Waals surface area contributed by atoms with Gasteiger partial charge in [-0.15, -0.1) is 0 Å². The standard InChI is InChI=1S/C25H31N4O8P/c1-15(2)35-24(31)16(3)28-38(33,37-20-10-6-8-17-7-4-5-9-18(17)20)34-14-21-19(30)13-23(36-21)29-12-11-22(26)27-25(29)32/h4-12,15-16,19,21,23,30H,13-14H2,1-3H3,(H,28,33)(H2,26,27,32)/t16-,19+,21?,23+,38?/m0/s1. The molecular weight excluding hydrogens is 515 g/mol. The molecule has 4 N–H and O–H groups in total. The van der Waals surface area contributed by atoms with Gasteiger partial charge < -0.3 is 24.8 Å². The number of benzene rings is 2. The summed E-state index contributed by atoms with van der Waals surface area (Å²) in [5, 5.41) is 14.7. The highest BCUT2D eigenvalue weighted by atomic mass is 31.2. The predicted molar refractivity (Wildman–Crippen MR) is 139 cm³/mol. The van der Waals surface area contributed by atoms with Gasteiger partial charge in [-0.05, 0) is 38.3 Å². The van der Waals surface area contributed by atoms with Crippen molar-refractivity contribution in [3.8, 4) is 5.75 Å². The van der Waals surface area contributed by atoms with Crippen LogP contribution in [0.15, 0.2) is 59.5 Å². The first-order valence-electron chi connectivity index (χ1n) is 12.1. The lowest BCUT2D eigenvalue weighted by Gasteiger charge is -2.25. The van der Waals surface area contributed by atoms with E-state index < -0.39 is 43.9 Å². The first-order valence-corrected chi connectivity index (χ1v) is 13.7. The monoisotopic (exact) mass is 546 g/mol. The third-order valence-corrected chi connectivity index (χ3v) is 7.43. The Labute approximate surface area is 219 Å². The molecular formula is C25H31N4O8P. The Morgan fingerprint density at radius 3 is 2.71 bits per heavy atom. The molecule has 2 unspecified atom stereocenters. The largest absolute Gasteiger partial charge is 0.462 e. The maximum absolute atomic E-state index is 14.0. The van der Waals surface area contributed by atoms with Gasteiger partial charge in [-0.3, -0.25) is 13.9 Å². The normalized spacial score (nSPS) is 21.8. The SMILES string of the molecule is CC(C)OC(=O)[C@H](C)NP(=O)(OCC1O[C@@H](n2ccc(N)nc2=O)C[C@H]1O)Oc1cccc2ccccc12. The average Bonchev–Trinajstić information content (AvgIpc) is 3.22. The van der Waals surface area contributed by atoms with Gasteiger partial charge >= 0.3 is 19.4 Å². The maximum atomic E-state index is 14.0. The number of nitrogens with one attached hydrogen (secondary N) is 1. The van der Waals surface area contributed by atoms with Crippen molar-refractivity contribution in [2.45, 2.75) is 57.8 Å². The number of esters is 1. The van der Waals surface area contributed by atoms with Crippen LogP contribution in [0.2, 0.25) is 0 Å². The van der Waals surface area contributed by atoms with E-state index in [-0.39, 0.29) is 30.7 Å². The first kappa shape index (κ1) is 27.7. The second kappa shape index (κ2) is 11.6. The number of nitrogen functional groups attached to an aromatic ring is 1. The number of nitrogens with zero attached hydrogens (tertiary/aromatic N) is 2. The third kappa shape index (κ3) is 6.58. The number of hydrogen-bond acceptors (Lipinski definition) is 10. The van der Waals surface area contributed by atoms with Crippen LogP contribution >= 0.6 is 7.75 Å². The maximum Gasteiger partial charge on any atom is 0.459 e. The van der Waals surface area contributed by atoms with Gasteiger partial charge in [0.15, 0.2) is 0 Å². The van der Waals surface area contributed by atoms with Crippen molar-refractivity contribution >= 4 is 30.3 Å². The van der Waals surface area contributed by atoms with Gasteiger partial charge in [0.1, 0.15) is 29.9 Å². The molecule has 2 aromatic carbocycles. The molecule has 4 rings (SSSR count). The van der Waals surface area contributed by atoms with Crippen molar-refractivity contribution in [3.05, 3.63) is 65.2 Å². The molecule has 1 aliphatic rings. The molecule has 0 spiro atoms. The number of ether oxygens (including phenoxy) is 2. The van der Waals surface area contributed by atoms with Gasteiger partial charge in [0.2, 0.25) is 0 Å². The van der Waals surface area contributed by atoms with Gasteiger partial charge in [-0.2, -0.15) is 10.1 Å². The summed E-state index contributed by atoms with van der Waals surface area (Å²) in [7, 11) is -4.23. The number of nitrogens with two attached hydrogens (primary N) is 1. The fraction of sp³-hybridized carbons (Fsp3) is 0.400. The molecule has 204 valence electrons. The molecule has 0 radical (unpaired) electrons. The minimum atomic E-state index is -4.23. The van der Waals surface area contributed by atoms with Gasteiger partial charge in [-0.1, -0.05) is 36.4 Å². The molecule has 0 aliphatic carbocycles. The van der Waals surface area contributed by atoms with Crippen molar-refractivity contribution in [3.63, 3.8) is 0 Å². The van der Waals surface area contributed by atoms with E-state index in [1.807, 2.05) is 24.3 Å². The van der Waals surface area contributed by atoms with Crippen LogP contribution in [0.3, 0.4) is 0 Å². The van der Waals surface area contributed by atoms with E-state index in [0.717, 1.165) is 5.39 Å². The molecule has 0 saturated carbocycles. The molecule has 2 heterocycles. The molecule has 1 aromatic heterocycles. The second-order valence-corrected chi connectivity index (χ2v) is 10.9. The highest BCUT2D eigenvalue weighted by Crippen LogP contribution is 2.47. The number of aliphatic hydroxyl groups excluding tert-OH is 1. The van der Waals surface area contributed by atoms with Crippen molar-refractivity contribution < 1.29 is 33.0 Å². The second-order valence-electron chi connectivity index (χ2n) is 9.17. The zero-order valence-corrected chi connectivity index (χ0v) is 22.1. The molecule has 1 fully saturated rings. The number of hydrogen-bond donors (Lipinski definition) is 3. The topological polar surface area (TPSA) is 164 Å². The van der Waals surface area contributed by atoms with Crippen LogP contribution in [-0.4, -0.2) is 51.6 Å². The summed E-state index contributed by atoms with van der Waals surface area (Å²) in [5.41, 5.74) is 4.91. The minimum absolute atomic E-state index is 0.0624. The first-order chi connectivity index (χ1) is 18.0. The fourth-order valence-corrected chi connectivity index (χ4v) is 5.49. The summed E-state index contributed by atoms with van der Waals surface area (Å²) in [5.74, 6) is -0.307. The zero-order valence-electron chi connectivity index (χ0n) is 21.2. The molecule has 38 heavy (non-hydrogen) atoms. The van der Waals surface area contributed by atoms with E-state index in [0.29, 0.717) is 5.39 Å². The van der Waals surface area contributed by atoms with Crippen LogP contribution in [0.5, 0.6) is 5.75 Å². The Bertz CT molecular complexity index is 1390. The van der Waals surface area contributed by atoms with Gasteiger partial charge in [-0.25, -0.2) is 9.36 Å². The zero-order chi connectivity index (χ0) is 27.4. The molecule has 13 heteroatoms. The van der Waals surface area contributed by atoms with Crippen LogP contribution in [0, 0.1) is 0 Å². The summed E-state index contributed by atoms with van der Waals surface area (Å²) < 4.78 is 37.8. The van der Waals surface area contributed by atoms with Gasteiger partial charge in [0.25, 0.3) is 0 Å². The number of fused-ring (bicyclic) bond motifs is 1. The van der Waals surface area contributed by atoms with Crippen LogP contribution < -0.4 is 21.0 Å². The highest BCUT2D eigenvalue weighted by molar-refractivity contribution is 7.52. The highest BCUT2D eigenvalue weighted by Gasteiger charge is 2.39. The van der Waals surface area contributed by atoms with Crippen LogP contribution in [0.4, 0.5) is 5.82 Å². The smallest absolute Gasteiger partial charge is 0.459 e. The lowest BCUT2D eigenvalue weighted by molar-refractivity contribution is -0.149. The lowest BCUT2D eigenvalue weighted by atomic mass is 10.1. The summed E-state index contributed by atoms with van der Waals surface area (Å²) in [6.45, 7) is 4.51. The third-order valence-electron chi connectivity index (χ3n) is 5.80. The van der Waals surface area contributed by atoms with E-state index >= 15 is 0 Å². The van der Waals surface area contributed by atoms with Crippen molar-refractivity contribution in [1.29, 1.82) is 0 Å². The summed E-state index contributed by atoms with van der Waals surface area (Å²) in [6.07, 6.45) is -1.71. The predicted octanol–water partition coefficient (Wildman–Crippen LogP) is 2.76. The van der Waals surface area contributed by atoms with Crippen molar-refractivity contribution in [1.82, 2.24) is 14.6 Å². The molecule has 12 nitrogen and oxygen atoms in total. The summed E-state index contributed by atoms with van der Waals surface area (Å²) in [6, 6.07) is 13.0. The number of carbonyl (C=O) groups is 1. The Balaban J connectivity index is 1.54. The van der Waals surface area contributed by atoms with E-state index in [1.165, 1.54) is 23.8 Å². The average molecular weight is 547 g/mol. The molecule has 1 aliphatic heterocycles. The quantitative estimate of drug-likeness (QED) is 0.253. The molecule has 3 aromatic rings. The Hall–Kier alpha value is -3.28. The molecule has 0 bridgehead atoms. The van der Waals surface area contributed by atoms with Crippen LogP contribution in [-0.2, 0) is 23.4 Å². The van der Waals surface area contributed by atoms with Crippen molar-refractivity contribution in [2.24, 2.45) is 0 Å². The van der Waals surface area contributed by atoms with Crippen molar-refractivity contribution in [2.75, 3.05) is 12.3 Å². The van der Waals surface area contributed by atoms with Gasteiger partial charge in [0.05, 0.1) is 18.8 Å². The summed E-state index contributed by atoms with van der Waals surface area (Å²) in [4.78, 5) is 28.3. The van der Waals surface area contributed by atoms with E-state index in [4.69, 9.17) is 24.3 Å². The number of aliphatic hydroxyl groups is 1. The van der Waals surface area contributed by atoms with E-state index in [2.05, 4.69) is 10.1 Å². The Morgan fingerprint density at radius 1 is 1.24 bits per heavy atom. The number of rotatable bonds is 10. The Morgan fingerprint density at radius 2 is 1.97 bits per heavy atom. The Kier molecular flexibility index (Phi) is 8.49. The fourth-order valence-electron chi connectivity index (χ4n) is 3.97. The number of anilines is 1. The lowest BCUT2D eigenvalue weighted by Crippen LogP contribution is -2.37. The van der Waals surface area contributed by atoms with Crippen LogP contribution in [0.25, 0.3) is 10.8 Å². The molecule has 5 atom stereocenters. The van der Waals surface area contributed by atoms with Crippen LogP contribution in [0.1, 0.15) is 33.4 Å². The number of aromatic nitrogens is 2.